The quantitative estimate of drug-likeness (QED) is 0.142. The highest BCUT2D eigenvalue weighted by atomic mass is 16.6. The molecular weight excluding hydrogens is 712 g/mol. The average Bonchev–Trinajstić information content (AvgIpc) is 3.82. The fraction of sp³-hybridized carbons (Fsp3) is 0.176. The van der Waals surface area contributed by atoms with Crippen LogP contribution in [0.15, 0.2) is 97.1 Å². The molecule has 6 atom stereocenters. The lowest BCUT2D eigenvalue weighted by Gasteiger charge is -2.35. The zero-order chi connectivity index (χ0) is 38.3. The fourth-order valence-corrected chi connectivity index (χ4v) is 8.14. The van der Waals surface area contributed by atoms with Gasteiger partial charge in [0.1, 0.15) is 12.1 Å². The maximum Gasteiger partial charge on any atom is 0.271 e. The van der Waals surface area contributed by atoms with Gasteiger partial charge in [0.2, 0.25) is 11.8 Å². The predicted molar refractivity (Wildman–Crippen MR) is 181 cm³/mol. The van der Waals surface area contributed by atoms with Crippen LogP contribution in [0.1, 0.15) is 23.2 Å². The third kappa shape index (κ3) is 4.84. The first-order chi connectivity index (χ1) is 25.8. The number of benzene rings is 4. The number of carbonyl (C=O) groups excluding carboxylic acids is 4. The second-order valence-electron chi connectivity index (χ2n) is 12.9. The molecule has 54 heavy (non-hydrogen) atoms. The number of nitro groups is 4. The minimum Gasteiger partial charge on any atom is -0.274 e. The number of nitro benzene ring substituents is 4. The minimum absolute atomic E-state index is 0.108. The van der Waals surface area contributed by atoms with Gasteiger partial charge in [0, 0.05) is 48.5 Å². The molecule has 270 valence electrons. The molecule has 20 heteroatoms. The molecule has 4 fully saturated rings. The monoisotopic (exact) mass is 734 g/mol. The molecule has 0 spiro atoms. The third-order valence-electron chi connectivity index (χ3n) is 10.2. The molecule has 4 aromatic rings. The minimum atomic E-state index is -1.51. The van der Waals surface area contributed by atoms with Gasteiger partial charge < -0.3 is 0 Å². The van der Waals surface area contributed by atoms with Crippen molar-refractivity contribution < 1.29 is 38.9 Å². The Kier molecular flexibility index (Phi) is 7.60. The average molecular weight is 735 g/mol. The van der Waals surface area contributed by atoms with Gasteiger partial charge in [0.25, 0.3) is 34.6 Å². The van der Waals surface area contributed by atoms with Crippen LogP contribution in [0.5, 0.6) is 0 Å². The number of hydrogen-bond donors (Lipinski definition) is 0. The number of anilines is 2. The van der Waals surface area contributed by atoms with E-state index in [4.69, 9.17) is 0 Å². The third-order valence-corrected chi connectivity index (χ3v) is 10.2. The number of carbonyl (C=O) groups is 4. The van der Waals surface area contributed by atoms with Gasteiger partial charge in [-0.15, -0.1) is 0 Å². The van der Waals surface area contributed by atoms with Crippen LogP contribution < -0.4 is 9.80 Å². The van der Waals surface area contributed by atoms with E-state index in [0.29, 0.717) is 0 Å². The largest absolute Gasteiger partial charge is 0.274 e. The van der Waals surface area contributed by atoms with Crippen LogP contribution in [0.4, 0.5) is 34.1 Å². The van der Waals surface area contributed by atoms with Crippen LogP contribution in [0.25, 0.3) is 0 Å². The van der Waals surface area contributed by atoms with E-state index in [0.717, 1.165) is 46.2 Å². The first-order valence-corrected chi connectivity index (χ1v) is 16.1. The van der Waals surface area contributed by atoms with Crippen molar-refractivity contribution in [3.63, 3.8) is 0 Å². The van der Waals surface area contributed by atoms with Crippen molar-refractivity contribution in [2.45, 2.75) is 24.2 Å². The van der Waals surface area contributed by atoms with E-state index in [1.807, 2.05) is 0 Å². The van der Waals surface area contributed by atoms with Gasteiger partial charge in [-0.3, -0.25) is 59.6 Å². The summed E-state index contributed by atoms with van der Waals surface area (Å²) >= 11 is 0. The number of amides is 4. The van der Waals surface area contributed by atoms with Crippen LogP contribution in [0.2, 0.25) is 0 Å². The van der Waals surface area contributed by atoms with E-state index in [9.17, 15) is 59.6 Å². The molecule has 8 rings (SSSR count). The second kappa shape index (κ2) is 12.1. The van der Waals surface area contributed by atoms with Gasteiger partial charge in [-0.25, -0.2) is 19.8 Å². The molecule has 4 saturated heterocycles. The number of fused-ring (bicyclic) bond motifs is 5. The number of hydrogen-bond acceptors (Lipinski definition) is 14. The summed E-state index contributed by atoms with van der Waals surface area (Å²) in [6.07, 6.45) is 0. The molecule has 4 amide bonds. The summed E-state index contributed by atoms with van der Waals surface area (Å²) in [5, 5.41) is 49.8. The standard InChI is InChI=1S/C34H22N8O12/c43-31-25-27(17-5-1-9-21(13-17)39(47)48)37-30-26(32(44)36(34(30)46)20-8-4-12-24(16-20)42(53)54)28(18-6-2-10-22(14-18)40(49)50)38(37)29(25)33(45)35(31)19-7-3-11-23(15-19)41(51)52/h1-16,25-30H. The molecule has 0 radical (unpaired) electrons. The van der Waals surface area contributed by atoms with E-state index in [2.05, 4.69) is 0 Å². The summed E-state index contributed by atoms with van der Waals surface area (Å²) in [6, 6.07) is 14.1. The van der Waals surface area contributed by atoms with Gasteiger partial charge in [0.15, 0.2) is 0 Å². The Labute approximate surface area is 300 Å². The molecule has 6 unspecified atom stereocenters. The smallest absolute Gasteiger partial charge is 0.271 e. The Morgan fingerprint density at radius 2 is 0.722 bits per heavy atom. The van der Waals surface area contributed by atoms with Gasteiger partial charge in [-0.1, -0.05) is 36.4 Å². The van der Waals surface area contributed by atoms with Crippen molar-refractivity contribution in [3.8, 4) is 0 Å². The van der Waals surface area contributed by atoms with E-state index in [1.54, 1.807) is 0 Å². The van der Waals surface area contributed by atoms with E-state index in [1.165, 1.54) is 70.7 Å². The van der Waals surface area contributed by atoms with E-state index in [-0.39, 0.29) is 22.5 Å². The molecule has 0 N–H and O–H groups in total. The molecule has 0 aliphatic carbocycles. The number of imide groups is 2. The van der Waals surface area contributed by atoms with Gasteiger partial charge in [-0.2, -0.15) is 0 Å². The molecule has 20 nitrogen and oxygen atoms in total. The highest BCUT2D eigenvalue weighted by Crippen LogP contribution is 2.60. The lowest BCUT2D eigenvalue weighted by Crippen LogP contribution is -2.50. The van der Waals surface area contributed by atoms with Crippen molar-refractivity contribution in [2.24, 2.45) is 11.8 Å². The Morgan fingerprint density at radius 3 is 1.06 bits per heavy atom. The van der Waals surface area contributed by atoms with Crippen LogP contribution in [-0.4, -0.2) is 65.4 Å². The fourth-order valence-electron chi connectivity index (χ4n) is 8.14. The zero-order valence-electron chi connectivity index (χ0n) is 27.2. The zero-order valence-corrected chi connectivity index (χ0v) is 27.2. The van der Waals surface area contributed by atoms with Crippen LogP contribution in [0.3, 0.4) is 0 Å². The Balaban J connectivity index is 1.35. The van der Waals surface area contributed by atoms with E-state index >= 15 is 0 Å². The Bertz CT molecular complexity index is 2240. The highest BCUT2D eigenvalue weighted by molar-refractivity contribution is 6.26. The van der Waals surface area contributed by atoms with Crippen molar-refractivity contribution in [3.05, 3.63) is 149 Å². The Morgan fingerprint density at radius 1 is 0.407 bits per heavy atom. The topological polar surface area (TPSA) is 254 Å². The summed E-state index contributed by atoms with van der Waals surface area (Å²) < 4.78 is 0. The summed E-state index contributed by atoms with van der Waals surface area (Å²) in [6.45, 7) is 0. The highest BCUT2D eigenvalue weighted by Gasteiger charge is 2.73. The first kappa shape index (κ1) is 33.8. The molecular formula is C34H22N8O12. The number of nitrogens with zero attached hydrogens (tertiary/aromatic N) is 8. The number of rotatable bonds is 8. The lowest BCUT2D eigenvalue weighted by atomic mass is 9.84. The van der Waals surface area contributed by atoms with Crippen LogP contribution in [-0.2, 0) is 19.2 Å². The second-order valence-corrected chi connectivity index (χ2v) is 12.9. The summed E-state index contributed by atoms with van der Waals surface area (Å²) in [5.41, 5.74) is -1.72. The normalized spacial score (nSPS) is 24.8. The summed E-state index contributed by atoms with van der Waals surface area (Å²) in [5.74, 6) is -6.36. The summed E-state index contributed by atoms with van der Waals surface area (Å²) in [7, 11) is 0. The van der Waals surface area contributed by atoms with Gasteiger partial charge in [-0.05, 0) is 23.3 Å². The first-order valence-electron chi connectivity index (χ1n) is 16.1. The molecule has 0 saturated carbocycles. The predicted octanol–water partition coefficient (Wildman–Crippen LogP) is 3.76. The molecule has 0 bridgehead atoms. The molecule has 4 aliphatic heterocycles. The molecule has 4 aliphatic rings. The van der Waals surface area contributed by atoms with Gasteiger partial charge in [0.05, 0.1) is 55.0 Å². The number of hydrazine groups is 1. The molecule has 4 heterocycles. The summed E-state index contributed by atoms with van der Waals surface area (Å²) in [4.78, 5) is 104. The maximum atomic E-state index is 14.6. The van der Waals surface area contributed by atoms with Crippen molar-refractivity contribution in [2.75, 3.05) is 9.80 Å². The van der Waals surface area contributed by atoms with Crippen molar-refractivity contribution in [1.29, 1.82) is 0 Å². The molecule has 4 aromatic carbocycles. The van der Waals surface area contributed by atoms with Crippen LogP contribution >= 0.6 is 0 Å². The van der Waals surface area contributed by atoms with E-state index < -0.39 is 102 Å². The number of non-ortho nitro benzene ring substituents is 4. The Hall–Kier alpha value is -7.32. The SMILES string of the molecule is O=C1C2C(C(=O)N1c1cccc([N+](=O)[O-])c1)N1C(c3cccc([N+](=O)[O-])c3)C3C(=O)N(c4cccc([N+](=O)[O-])c4)C(=O)C3N1C2c1cccc([N+](=O)[O-])c1. The van der Waals surface area contributed by atoms with Crippen molar-refractivity contribution in [1.82, 2.24) is 10.0 Å². The maximum absolute atomic E-state index is 14.6. The lowest BCUT2D eigenvalue weighted by molar-refractivity contribution is -0.385. The molecule has 0 aromatic heterocycles. The van der Waals surface area contributed by atoms with Crippen molar-refractivity contribution >= 4 is 57.8 Å². The van der Waals surface area contributed by atoms with Gasteiger partial charge >= 0.3 is 0 Å². The van der Waals surface area contributed by atoms with Crippen LogP contribution in [0, 0.1) is 52.3 Å².